The molecule has 2 N–H and O–H groups in total. The van der Waals surface area contributed by atoms with E-state index in [1.807, 2.05) is 0 Å². The molecular formula is C24H27N3O4. The number of hydrogen-bond acceptors (Lipinski definition) is 4. The molecular weight excluding hydrogens is 394 g/mol. The maximum absolute atomic E-state index is 13.2. The summed E-state index contributed by atoms with van der Waals surface area (Å²) in [7, 11) is 0. The molecule has 1 atom stereocenters. The van der Waals surface area contributed by atoms with Gasteiger partial charge in [-0.1, -0.05) is 43.2 Å². The zero-order chi connectivity index (χ0) is 22.2. The lowest BCUT2D eigenvalue weighted by atomic mass is 9.95. The SMILES string of the molecule is N#CCCCn1c2c(cc(C(=O)N[C@@H](C(=O)O)c3ccccc3)c1=O)CCCCCC2. The Morgan fingerprint density at radius 3 is 2.52 bits per heavy atom. The van der Waals surface area contributed by atoms with Crippen molar-refractivity contribution in [3.8, 4) is 6.07 Å². The summed E-state index contributed by atoms with van der Waals surface area (Å²) in [5, 5.41) is 21.0. The third kappa shape index (κ3) is 5.40. The van der Waals surface area contributed by atoms with Gasteiger partial charge in [-0.25, -0.2) is 4.79 Å². The zero-order valence-electron chi connectivity index (χ0n) is 17.5. The fraction of sp³-hybridized carbons (Fsp3) is 0.417. The van der Waals surface area contributed by atoms with Gasteiger partial charge >= 0.3 is 5.97 Å². The first-order valence-electron chi connectivity index (χ1n) is 10.7. The number of amides is 1. The second-order valence-electron chi connectivity index (χ2n) is 7.82. The van der Waals surface area contributed by atoms with Crippen molar-refractivity contribution in [1.29, 1.82) is 5.26 Å². The lowest BCUT2D eigenvalue weighted by Crippen LogP contribution is -2.39. The second-order valence-corrected chi connectivity index (χ2v) is 7.82. The topological polar surface area (TPSA) is 112 Å². The quantitative estimate of drug-likeness (QED) is 0.666. The predicted octanol–water partition coefficient (Wildman–Crippen LogP) is 3.37. The van der Waals surface area contributed by atoms with Crippen molar-refractivity contribution in [2.24, 2.45) is 0 Å². The van der Waals surface area contributed by atoms with E-state index in [0.717, 1.165) is 49.8 Å². The number of aromatic nitrogens is 1. The van der Waals surface area contributed by atoms with Crippen LogP contribution in [0, 0.1) is 11.3 Å². The molecule has 1 aromatic heterocycles. The first-order chi connectivity index (χ1) is 15.0. The first kappa shape index (κ1) is 22.3. The highest BCUT2D eigenvalue weighted by molar-refractivity contribution is 5.96. The van der Waals surface area contributed by atoms with E-state index < -0.39 is 23.5 Å². The molecule has 1 aliphatic carbocycles. The van der Waals surface area contributed by atoms with E-state index in [1.165, 1.54) is 0 Å². The molecule has 1 heterocycles. The van der Waals surface area contributed by atoms with Crippen molar-refractivity contribution in [2.45, 2.75) is 64.0 Å². The molecule has 0 spiro atoms. The smallest absolute Gasteiger partial charge is 0.330 e. The molecule has 0 bridgehead atoms. The van der Waals surface area contributed by atoms with Gasteiger partial charge in [0.1, 0.15) is 5.56 Å². The van der Waals surface area contributed by atoms with E-state index >= 15 is 0 Å². The van der Waals surface area contributed by atoms with Crippen LogP contribution < -0.4 is 10.9 Å². The van der Waals surface area contributed by atoms with Crippen LogP contribution >= 0.6 is 0 Å². The molecule has 1 amide bonds. The number of carbonyl (C=O) groups is 2. The van der Waals surface area contributed by atoms with Gasteiger partial charge < -0.3 is 15.0 Å². The second kappa shape index (κ2) is 10.6. The van der Waals surface area contributed by atoms with Crippen LogP contribution in [0.1, 0.15) is 71.7 Å². The molecule has 31 heavy (non-hydrogen) atoms. The van der Waals surface area contributed by atoms with Gasteiger partial charge in [0, 0.05) is 18.7 Å². The Labute approximate surface area is 181 Å². The number of aliphatic carboxylic acids is 1. The zero-order valence-corrected chi connectivity index (χ0v) is 17.5. The van der Waals surface area contributed by atoms with Gasteiger partial charge in [-0.2, -0.15) is 5.26 Å². The van der Waals surface area contributed by atoms with Gasteiger partial charge in [0.25, 0.3) is 11.5 Å². The third-order valence-corrected chi connectivity index (χ3v) is 5.67. The van der Waals surface area contributed by atoms with E-state index in [9.17, 15) is 19.5 Å². The molecule has 0 saturated carbocycles. The Balaban J connectivity index is 1.99. The predicted molar refractivity (Wildman–Crippen MR) is 116 cm³/mol. The minimum atomic E-state index is -1.25. The van der Waals surface area contributed by atoms with E-state index in [2.05, 4.69) is 11.4 Å². The number of unbranched alkanes of at least 4 members (excludes halogenated alkanes) is 1. The van der Waals surface area contributed by atoms with Crippen LogP contribution in [-0.4, -0.2) is 21.6 Å². The van der Waals surface area contributed by atoms with E-state index in [1.54, 1.807) is 41.0 Å². The average Bonchev–Trinajstić information content (AvgIpc) is 2.74. The molecule has 0 unspecified atom stereocenters. The Morgan fingerprint density at radius 2 is 1.84 bits per heavy atom. The number of hydrogen-bond donors (Lipinski definition) is 2. The number of nitrogens with one attached hydrogen (secondary N) is 1. The monoisotopic (exact) mass is 421 g/mol. The molecule has 0 saturated heterocycles. The highest BCUT2D eigenvalue weighted by Crippen LogP contribution is 2.21. The molecule has 7 nitrogen and oxygen atoms in total. The third-order valence-electron chi connectivity index (χ3n) is 5.67. The van der Waals surface area contributed by atoms with E-state index in [0.29, 0.717) is 24.9 Å². The molecule has 162 valence electrons. The minimum Gasteiger partial charge on any atom is -0.479 e. The highest BCUT2D eigenvalue weighted by atomic mass is 16.4. The van der Waals surface area contributed by atoms with Gasteiger partial charge in [0.05, 0.1) is 6.07 Å². The molecule has 3 rings (SSSR count). The van der Waals surface area contributed by atoms with Crippen molar-refractivity contribution in [3.63, 3.8) is 0 Å². The number of benzene rings is 1. The number of rotatable bonds is 7. The fourth-order valence-electron chi connectivity index (χ4n) is 4.09. The molecule has 1 aromatic carbocycles. The first-order valence-corrected chi connectivity index (χ1v) is 10.7. The van der Waals surface area contributed by atoms with Crippen LogP contribution in [0.15, 0.2) is 41.2 Å². The lowest BCUT2D eigenvalue weighted by Gasteiger charge is -2.21. The molecule has 0 radical (unpaired) electrons. The van der Waals surface area contributed by atoms with Gasteiger partial charge in [-0.3, -0.25) is 9.59 Å². The van der Waals surface area contributed by atoms with Gasteiger partial charge in [0.15, 0.2) is 6.04 Å². The number of nitriles is 1. The Kier molecular flexibility index (Phi) is 7.60. The summed E-state index contributed by atoms with van der Waals surface area (Å²) in [5.74, 6) is -1.89. The largest absolute Gasteiger partial charge is 0.479 e. The van der Waals surface area contributed by atoms with Gasteiger partial charge in [0.2, 0.25) is 0 Å². The fourth-order valence-corrected chi connectivity index (χ4v) is 4.09. The van der Waals surface area contributed by atoms with Crippen LogP contribution in [0.25, 0.3) is 0 Å². The normalized spacial score (nSPS) is 14.4. The number of carboxylic acids is 1. The maximum Gasteiger partial charge on any atom is 0.330 e. The number of pyridine rings is 1. The Morgan fingerprint density at radius 1 is 1.13 bits per heavy atom. The molecule has 7 heteroatoms. The minimum absolute atomic E-state index is 0.0431. The van der Waals surface area contributed by atoms with E-state index in [4.69, 9.17) is 5.26 Å². The maximum atomic E-state index is 13.2. The molecule has 0 aliphatic heterocycles. The summed E-state index contributed by atoms with van der Waals surface area (Å²) in [4.78, 5) is 38.1. The summed E-state index contributed by atoms with van der Waals surface area (Å²) in [6, 6.07) is 10.9. The average molecular weight is 421 g/mol. The lowest BCUT2D eigenvalue weighted by molar-refractivity contribution is -0.139. The molecule has 2 aromatic rings. The van der Waals surface area contributed by atoms with Crippen molar-refractivity contribution < 1.29 is 14.7 Å². The van der Waals surface area contributed by atoms with Crippen molar-refractivity contribution in [1.82, 2.24) is 9.88 Å². The number of carboxylic acid groups (broad SMARTS) is 1. The van der Waals surface area contributed by atoms with Crippen molar-refractivity contribution in [2.75, 3.05) is 0 Å². The number of carbonyl (C=O) groups excluding carboxylic acids is 1. The molecule has 1 aliphatic rings. The van der Waals surface area contributed by atoms with Crippen LogP contribution in [0.5, 0.6) is 0 Å². The summed E-state index contributed by atoms with van der Waals surface area (Å²) in [6.45, 7) is 0.372. The van der Waals surface area contributed by atoms with E-state index in [-0.39, 0.29) is 5.56 Å². The summed E-state index contributed by atoms with van der Waals surface area (Å²) < 4.78 is 1.63. The van der Waals surface area contributed by atoms with Crippen LogP contribution in [0.2, 0.25) is 0 Å². The summed E-state index contributed by atoms with van der Waals surface area (Å²) in [5.41, 5.74) is 1.87. The summed E-state index contributed by atoms with van der Waals surface area (Å²) >= 11 is 0. The highest BCUT2D eigenvalue weighted by Gasteiger charge is 2.26. The van der Waals surface area contributed by atoms with Crippen LogP contribution in [-0.2, 0) is 24.2 Å². The van der Waals surface area contributed by atoms with Crippen LogP contribution in [0.3, 0.4) is 0 Å². The standard InChI is InChI=1S/C24H27N3O4/c25-14-8-9-15-27-20-13-7-2-1-4-12-18(20)16-19(23(27)29)22(28)26-21(24(30)31)17-10-5-3-6-11-17/h3,5-6,10-11,16,21H,1-2,4,7-9,12-13,15H2,(H,26,28)(H,30,31)/t21-/m1/s1. The van der Waals surface area contributed by atoms with Crippen molar-refractivity contribution in [3.05, 3.63) is 69.1 Å². The Bertz CT molecular complexity index is 1040. The van der Waals surface area contributed by atoms with Crippen molar-refractivity contribution >= 4 is 11.9 Å². The van der Waals surface area contributed by atoms with Gasteiger partial charge in [-0.05, 0) is 49.3 Å². The van der Waals surface area contributed by atoms with Gasteiger partial charge in [-0.15, -0.1) is 0 Å². The van der Waals surface area contributed by atoms with Crippen LogP contribution in [0.4, 0.5) is 0 Å². The number of fused-ring (bicyclic) bond motifs is 1. The molecule has 0 fully saturated rings. The Hall–Kier alpha value is -3.40. The summed E-state index contributed by atoms with van der Waals surface area (Å²) in [6.07, 6.45) is 6.55. The number of nitrogens with zero attached hydrogens (tertiary/aromatic N) is 2. The number of aryl methyl sites for hydroxylation is 1.